The molecular weight excluding hydrogens is 807 g/mol. The van der Waals surface area contributed by atoms with Crippen molar-refractivity contribution in [1.82, 2.24) is 0 Å². The van der Waals surface area contributed by atoms with Gasteiger partial charge in [-0.1, -0.05) is 209 Å². The normalized spacial score (nSPS) is 12.8. The predicted octanol–water partition coefficient (Wildman–Crippen LogP) is 19.0. The molecule has 8 heteroatoms. The SMILES string of the molecule is CCCCCCCCCCCCCOP(OCCCCCCCCCCCCC)Oc1cc(C)c(C(CCC)c2cc(C(C)(C)C)c(OP(OC)OC)cc2C)cc1C(C)(C)C. The van der Waals surface area contributed by atoms with Crippen molar-refractivity contribution < 1.29 is 27.1 Å². The maximum absolute atomic E-state index is 6.90. The van der Waals surface area contributed by atoms with Gasteiger partial charge in [0.1, 0.15) is 11.5 Å². The maximum Gasteiger partial charge on any atom is 0.397 e. The standard InChI is InChI=1S/C54H96O6P2/c1-14-17-19-21-23-25-27-29-31-33-35-38-57-62(58-39-36-34-32-30-28-26-24-22-20-18-15-2)60-52-41-45(5)48(43-50(52)54(9,10)11)46(37-16-3)47-42-49(53(6,7)8)51(40-44(47)4)59-61(55-12)56-13/h40-43,46H,14-39H2,1-13H3. The lowest BCUT2D eigenvalue weighted by molar-refractivity contribution is 0.197. The third kappa shape index (κ3) is 22.3. The van der Waals surface area contributed by atoms with E-state index in [-0.39, 0.29) is 16.7 Å². The minimum absolute atomic E-state index is 0.140. The van der Waals surface area contributed by atoms with Gasteiger partial charge in [-0.2, -0.15) is 0 Å². The smallest absolute Gasteiger partial charge is 0.397 e. The van der Waals surface area contributed by atoms with Crippen LogP contribution >= 0.6 is 17.2 Å². The Morgan fingerprint density at radius 2 is 0.758 bits per heavy atom. The highest BCUT2D eigenvalue weighted by Crippen LogP contribution is 2.49. The van der Waals surface area contributed by atoms with Crippen LogP contribution in [-0.2, 0) is 28.9 Å². The minimum Gasteiger partial charge on any atom is -0.426 e. The van der Waals surface area contributed by atoms with Gasteiger partial charge in [-0.05, 0) is 78.3 Å². The van der Waals surface area contributed by atoms with Gasteiger partial charge >= 0.3 is 17.2 Å². The number of rotatable bonds is 36. The topological polar surface area (TPSA) is 55.4 Å². The molecule has 0 aliphatic heterocycles. The van der Waals surface area contributed by atoms with Gasteiger partial charge in [0.05, 0.1) is 13.2 Å². The van der Waals surface area contributed by atoms with Gasteiger partial charge in [0.2, 0.25) is 0 Å². The van der Waals surface area contributed by atoms with Crippen molar-refractivity contribution in [3.63, 3.8) is 0 Å². The Bertz CT molecular complexity index is 1420. The van der Waals surface area contributed by atoms with E-state index in [1.807, 2.05) is 0 Å². The van der Waals surface area contributed by atoms with Crippen LogP contribution in [0.15, 0.2) is 24.3 Å². The molecular formula is C54H96O6P2. The molecule has 0 heterocycles. The predicted molar refractivity (Wildman–Crippen MR) is 270 cm³/mol. The molecule has 1 atom stereocenters. The molecule has 0 aliphatic carbocycles. The number of hydrogen-bond donors (Lipinski definition) is 0. The summed E-state index contributed by atoms with van der Waals surface area (Å²) in [4.78, 5) is 0. The van der Waals surface area contributed by atoms with Crippen LogP contribution in [0, 0.1) is 13.8 Å². The molecule has 2 aromatic rings. The molecule has 0 radical (unpaired) electrons. The van der Waals surface area contributed by atoms with Crippen molar-refractivity contribution in [1.29, 1.82) is 0 Å². The third-order valence-electron chi connectivity index (χ3n) is 12.2. The Labute approximate surface area is 386 Å². The van der Waals surface area contributed by atoms with E-state index < -0.39 is 17.2 Å². The fourth-order valence-electron chi connectivity index (χ4n) is 8.45. The summed E-state index contributed by atoms with van der Waals surface area (Å²) in [6, 6.07) is 9.28. The molecule has 0 aromatic heterocycles. The molecule has 6 nitrogen and oxygen atoms in total. The Morgan fingerprint density at radius 1 is 0.435 bits per heavy atom. The van der Waals surface area contributed by atoms with Crippen LogP contribution < -0.4 is 9.05 Å². The lowest BCUT2D eigenvalue weighted by atomic mass is 9.76. The molecule has 0 saturated heterocycles. The van der Waals surface area contributed by atoms with Crippen molar-refractivity contribution in [2.45, 2.75) is 247 Å². The Kier molecular flexibility index (Phi) is 29.7. The molecule has 0 N–H and O–H groups in total. The molecule has 0 amide bonds. The summed E-state index contributed by atoms with van der Waals surface area (Å²) in [6.45, 7) is 26.3. The molecule has 0 spiro atoms. The first-order chi connectivity index (χ1) is 29.7. The average Bonchev–Trinajstić information content (AvgIpc) is 3.22. The van der Waals surface area contributed by atoms with E-state index in [4.69, 9.17) is 27.1 Å². The lowest BCUT2D eigenvalue weighted by Crippen LogP contribution is -2.17. The summed E-state index contributed by atoms with van der Waals surface area (Å²) in [7, 11) is 0.258. The summed E-state index contributed by atoms with van der Waals surface area (Å²) in [5, 5.41) is 0. The lowest BCUT2D eigenvalue weighted by Gasteiger charge is -2.31. The first kappa shape index (κ1) is 56.9. The molecule has 2 aromatic carbocycles. The summed E-state index contributed by atoms with van der Waals surface area (Å²) in [5.74, 6) is 1.93. The minimum atomic E-state index is -1.53. The first-order valence-electron chi connectivity index (χ1n) is 25.3. The molecule has 62 heavy (non-hydrogen) atoms. The third-order valence-corrected chi connectivity index (χ3v) is 14.3. The fourth-order valence-corrected chi connectivity index (χ4v) is 10.1. The van der Waals surface area contributed by atoms with E-state index >= 15 is 0 Å². The zero-order chi connectivity index (χ0) is 45.8. The summed E-state index contributed by atoms with van der Waals surface area (Å²) < 4.78 is 37.3. The summed E-state index contributed by atoms with van der Waals surface area (Å²) >= 11 is 0. The van der Waals surface area contributed by atoms with Crippen LogP contribution in [0.25, 0.3) is 0 Å². The zero-order valence-electron chi connectivity index (χ0n) is 42.6. The van der Waals surface area contributed by atoms with Gasteiger partial charge in [0.15, 0.2) is 0 Å². The largest absolute Gasteiger partial charge is 0.426 e. The number of unbranched alkanes of at least 4 members (excludes halogenated alkanes) is 20. The Hall–Kier alpha value is -1.26. The fraction of sp³-hybridized carbons (Fsp3) is 0.778. The Balaban J connectivity index is 2.28. The molecule has 0 saturated carbocycles. The van der Waals surface area contributed by atoms with Crippen LogP contribution in [0.1, 0.15) is 256 Å². The van der Waals surface area contributed by atoms with E-state index in [0.717, 1.165) is 42.7 Å². The van der Waals surface area contributed by atoms with Gasteiger partial charge in [0.25, 0.3) is 0 Å². The van der Waals surface area contributed by atoms with E-state index in [9.17, 15) is 0 Å². The van der Waals surface area contributed by atoms with Crippen molar-refractivity contribution in [3.8, 4) is 11.5 Å². The number of hydrogen-bond acceptors (Lipinski definition) is 6. The van der Waals surface area contributed by atoms with Crippen molar-refractivity contribution >= 4 is 17.2 Å². The number of benzene rings is 2. The van der Waals surface area contributed by atoms with Crippen LogP contribution in [0.4, 0.5) is 0 Å². The van der Waals surface area contributed by atoms with Gasteiger partial charge in [-0.25, -0.2) is 0 Å². The Morgan fingerprint density at radius 3 is 1.06 bits per heavy atom. The quantitative estimate of drug-likeness (QED) is 0.0502. The van der Waals surface area contributed by atoms with Gasteiger partial charge < -0.3 is 27.1 Å². The summed E-state index contributed by atoms with van der Waals surface area (Å²) in [6.07, 6.45) is 31.0. The van der Waals surface area contributed by atoms with E-state index in [1.54, 1.807) is 14.2 Å². The van der Waals surface area contributed by atoms with Crippen molar-refractivity contribution in [2.75, 3.05) is 27.4 Å². The molecule has 1 unspecified atom stereocenters. The molecule has 358 valence electrons. The second-order valence-corrected chi connectivity index (χ2v) is 22.5. The zero-order valence-corrected chi connectivity index (χ0v) is 44.4. The second kappa shape index (κ2) is 32.4. The van der Waals surface area contributed by atoms with Crippen LogP contribution in [0.3, 0.4) is 0 Å². The molecule has 0 bridgehead atoms. The molecule has 0 aliphatic rings. The second-order valence-electron chi connectivity index (χ2n) is 20.0. The molecule has 2 rings (SSSR count). The van der Waals surface area contributed by atoms with Crippen LogP contribution in [0.2, 0.25) is 0 Å². The maximum atomic E-state index is 6.90. The number of aryl methyl sites for hydroxylation is 2. The van der Waals surface area contributed by atoms with Crippen LogP contribution in [-0.4, -0.2) is 27.4 Å². The van der Waals surface area contributed by atoms with Gasteiger partial charge in [-0.3, -0.25) is 0 Å². The van der Waals surface area contributed by atoms with E-state index in [0.29, 0.717) is 13.2 Å². The highest BCUT2D eigenvalue weighted by molar-refractivity contribution is 7.42. The van der Waals surface area contributed by atoms with Gasteiger partial charge in [-0.15, -0.1) is 0 Å². The summed E-state index contributed by atoms with van der Waals surface area (Å²) in [5.41, 5.74) is 7.20. The molecule has 0 fully saturated rings. The van der Waals surface area contributed by atoms with E-state index in [2.05, 4.69) is 100 Å². The highest BCUT2D eigenvalue weighted by Gasteiger charge is 2.30. The van der Waals surface area contributed by atoms with Crippen molar-refractivity contribution in [3.05, 3.63) is 57.6 Å². The highest BCUT2D eigenvalue weighted by atomic mass is 31.2. The van der Waals surface area contributed by atoms with Gasteiger partial charge in [0, 0.05) is 31.3 Å². The van der Waals surface area contributed by atoms with Crippen LogP contribution in [0.5, 0.6) is 11.5 Å². The van der Waals surface area contributed by atoms with Crippen molar-refractivity contribution in [2.24, 2.45) is 0 Å². The monoisotopic (exact) mass is 903 g/mol. The van der Waals surface area contributed by atoms with E-state index in [1.165, 1.54) is 156 Å². The first-order valence-corrected chi connectivity index (χ1v) is 27.5. The average molecular weight is 903 g/mol.